The van der Waals surface area contributed by atoms with Gasteiger partial charge in [-0.15, -0.1) is 0 Å². The maximum Gasteiger partial charge on any atom is 0.241 e. The van der Waals surface area contributed by atoms with E-state index in [-0.39, 0.29) is 16.7 Å². The summed E-state index contributed by atoms with van der Waals surface area (Å²) in [6, 6.07) is 16.3. The molecule has 1 heterocycles. The molecule has 6 nitrogen and oxygen atoms in total. The van der Waals surface area contributed by atoms with E-state index < -0.39 is 16.1 Å². The van der Waals surface area contributed by atoms with Crippen molar-refractivity contribution in [3.8, 4) is 0 Å². The quantitative estimate of drug-likeness (QED) is 0.659. The molecule has 32 heavy (non-hydrogen) atoms. The van der Waals surface area contributed by atoms with Crippen molar-refractivity contribution in [3.05, 3.63) is 65.7 Å². The van der Waals surface area contributed by atoms with E-state index in [0.717, 1.165) is 31.6 Å². The van der Waals surface area contributed by atoms with E-state index in [0.29, 0.717) is 19.5 Å². The third kappa shape index (κ3) is 6.89. The lowest BCUT2D eigenvalue weighted by atomic mass is 10.0. The second kappa shape index (κ2) is 11.1. The topological polar surface area (TPSA) is 69.7 Å². The number of amides is 1. The predicted octanol–water partition coefficient (Wildman–Crippen LogP) is 3.42. The molecule has 0 aromatic heterocycles. The van der Waals surface area contributed by atoms with E-state index in [2.05, 4.69) is 21.8 Å². The Hall–Kier alpha value is -2.22. The molecule has 1 aliphatic rings. The fourth-order valence-electron chi connectivity index (χ4n) is 4.05. The van der Waals surface area contributed by atoms with Gasteiger partial charge in [-0.2, -0.15) is 4.72 Å². The van der Waals surface area contributed by atoms with Crippen LogP contribution in [-0.4, -0.2) is 56.3 Å². The fourth-order valence-corrected chi connectivity index (χ4v) is 5.26. The Morgan fingerprint density at radius 2 is 1.66 bits per heavy atom. The highest BCUT2D eigenvalue weighted by Crippen LogP contribution is 2.16. The summed E-state index contributed by atoms with van der Waals surface area (Å²) in [7, 11) is -3.77. The molecule has 0 spiro atoms. The van der Waals surface area contributed by atoms with Gasteiger partial charge in [0.25, 0.3) is 0 Å². The molecule has 2 aromatic rings. The third-order valence-electron chi connectivity index (χ3n) is 5.78. The molecule has 174 valence electrons. The van der Waals surface area contributed by atoms with Crippen LogP contribution in [0, 0.1) is 12.8 Å². The van der Waals surface area contributed by atoms with E-state index in [1.807, 2.05) is 43.9 Å². The highest BCUT2D eigenvalue weighted by molar-refractivity contribution is 7.89. The summed E-state index contributed by atoms with van der Waals surface area (Å²) in [6.45, 7) is 9.72. The van der Waals surface area contributed by atoms with Crippen molar-refractivity contribution >= 4 is 15.9 Å². The van der Waals surface area contributed by atoms with Crippen LogP contribution < -0.4 is 4.72 Å². The van der Waals surface area contributed by atoms with Crippen molar-refractivity contribution < 1.29 is 13.2 Å². The number of nitrogens with one attached hydrogen (secondary N) is 1. The van der Waals surface area contributed by atoms with Crippen LogP contribution in [0.2, 0.25) is 0 Å². The Kier molecular flexibility index (Phi) is 8.45. The molecule has 0 radical (unpaired) electrons. The summed E-state index contributed by atoms with van der Waals surface area (Å²) >= 11 is 0. The molecule has 1 fully saturated rings. The van der Waals surface area contributed by atoms with E-state index in [1.54, 1.807) is 24.3 Å². The van der Waals surface area contributed by atoms with E-state index >= 15 is 0 Å². The highest BCUT2D eigenvalue weighted by Gasteiger charge is 2.31. The number of benzene rings is 2. The summed E-state index contributed by atoms with van der Waals surface area (Å²) < 4.78 is 28.6. The number of nitrogens with zero attached hydrogens (tertiary/aromatic N) is 2. The molecule has 0 aliphatic carbocycles. The first-order valence-corrected chi connectivity index (χ1v) is 12.9. The normalized spacial score (nSPS) is 16.7. The Bertz CT molecular complexity index is 975. The lowest BCUT2D eigenvalue weighted by Gasteiger charge is -2.28. The lowest BCUT2D eigenvalue weighted by molar-refractivity contribution is -0.133. The predicted molar refractivity (Wildman–Crippen MR) is 128 cm³/mol. The Morgan fingerprint density at radius 1 is 0.969 bits per heavy atom. The number of rotatable bonds is 8. The van der Waals surface area contributed by atoms with Crippen molar-refractivity contribution in [1.29, 1.82) is 0 Å². The molecule has 1 amide bonds. The molecule has 1 saturated heterocycles. The number of carbonyl (C=O) groups excluding carboxylic acids is 1. The first-order chi connectivity index (χ1) is 15.2. The van der Waals surface area contributed by atoms with Crippen molar-refractivity contribution in [2.75, 3.05) is 26.2 Å². The van der Waals surface area contributed by atoms with Crippen LogP contribution in [0.15, 0.2) is 59.5 Å². The van der Waals surface area contributed by atoms with Gasteiger partial charge in [0, 0.05) is 32.7 Å². The standard InChI is InChI=1S/C25H35N3O3S/c1-20(2)18-24(26-32(30,31)23-12-10-21(3)11-13-23)25(29)28-15-7-14-27(16-17-28)19-22-8-5-4-6-9-22/h4-6,8-13,20,24,26H,7,14-19H2,1-3H3. The van der Waals surface area contributed by atoms with Crippen molar-refractivity contribution in [2.45, 2.75) is 51.1 Å². The molecule has 1 N–H and O–H groups in total. The highest BCUT2D eigenvalue weighted by atomic mass is 32.2. The van der Waals surface area contributed by atoms with Gasteiger partial charge in [0.1, 0.15) is 6.04 Å². The maximum atomic E-state index is 13.4. The Balaban J connectivity index is 1.67. The minimum Gasteiger partial charge on any atom is -0.340 e. The van der Waals surface area contributed by atoms with Crippen LogP contribution in [-0.2, 0) is 21.4 Å². The van der Waals surface area contributed by atoms with Gasteiger partial charge in [0.2, 0.25) is 15.9 Å². The summed E-state index contributed by atoms with van der Waals surface area (Å²) in [5.74, 6) is 0.0576. The van der Waals surface area contributed by atoms with Gasteiger partial charge in [-0.3, -0.25) is 9.69 Å². The number of aryl methyl sites for hydroxylation is 1. The molecule has 0 saturated carbocycles. The zero-order chi connectivity index (χ0) is 23.1. The smallest absolute Gasteiger partial charge is 0.241 e. The van der Waals surface area contributed by atoms with Gasteiger partial charge in [-0.1, -0.05) is 61.9 Å². The summed E-state index contributed by atoms with van der Waals surface area (Å²) in [5, 5.41) is 0. The minimum absolute atomic E-state index is 0.129. The first kappa shape index (κ1) is 24.4. The average Bonchev–Trinajstić information content (AvgIpc) is 2.99. The van der Waals surface area contributed by atoms with E-state index in [1.165, 1.54) is 5.56 Å². The summed E-state index contributed by atoms with van der Waals surface area (Å²) in [6.07, 6.45) is 1.34. The van der Waals surface area contributed by atoms with Crippen LogP contribution in [0.3, 0.4) is 0 Å². The SMILES string of the molecule is Cc1ccc(S(=O)(=O)NC(CC(C)C)C(=O)N2CCCN(Cc3ccccc3)CC2)cc1. The second-order valence-corrected chi connectivity index (χ2v) is 10.8. The van der Waals surface area contributed by atoms with Crippen LogP contribution in [0.4, 0.5) is 0 Å². The maximum absolute atomic E-state index is 13.4. The first-order valence-electron chi connectivity index (χ1n) is 11.4. The van der Waals surface area contributed by atoms with Gasteiger partial charge < -0.3 is 4.90 Å². The number of hydrogen-bond donors (Lipinski definition) is 1. The van der Waals surface area contributed by atoms with Crippen molar-refractivity contribution in [3.63, 3.8) is 0 Å². The zero-order valence-corrected chi connectivity index (χ0v) is 20.1. The molecule has 1 atom stereocenters. The van der Waals surface area contributed by atoms with Crippen LogP contribution in [0.5, 0.6) is 0 Å². The molecule has 1 unspecified atom stereocenters. The van der Waals surface area contributed by atoms with E-state index in [4.69, 9.17) is 0 Å². The van der Waals surface area contributed by atoms with Gasteiger partial charge in [-0.05, 0) is 43.4 Å². The zero-order valence-electron chi connectivity index (χ0n) is 19.3. The molecular weight excluding hydrogens is 422 g/mol. The molecule has 1 aliphatic heterocycles. The van der Waals surface area contributed by atoms with Gasteiger partial charge in [0.15, 0.2) is 0 Å². The molecule has 3 rings (SSSR count). The van der Waals surface area contributed by atoms with Crippen molar-refractivity contribution in [2.24, 2.45) is 5.92 Å². The fraction of sp³-hybridized carbons (Fsp3) is 0.480. The largest absolute Gasteiger partial charge is 0.340 e. The number of hydrogen-bond acceptors (Lipinski definition) is 4. The van der Waals surface area contributed by atoms with E-state index in [9.17, 15) is 13.2 Å². The Morgan fingerprint density at radius 3 is 2.31 bits per heavy atom. The summed E-state index contributed by atoms with van der Waals surface area (Å²) in [4.78, 5) is 17.8. The van der Waals surface area contributed by atoms with Gasteiger partial charge in [0.05, 0.1) is 4.90 Å². The minimum atomic E-state index is -3.77. The van der Waals surface area contributed by atoms with Gasteiger partial charge in [-0.25, -0.2) is 8.42 Å². The van der Waals surface area contributed by atoms with Crippen LogP contribution >= 0.6 is 0 Å². The molecule has 0 bridgehead atoms. The number of sulfonamides is 1. The Labute approximate surface area is 192 Å². The average molecular weight is 458 g/mol. The van der Waals surface area contributed by atoms with Gasteiger partial charge >= 0.3 is 0 Å². The molecule has 2 aromatic carbocycles. The second-order valence-electron chi connectivity index (χ2n) is 9.06. The van der Waals surface area contributed by atoms with Crippen LogP contribution in [0.1, 0.15) is 37.8 Å². The molecule has 7 heteroatoms. The van der Waals surface area contributed by atoms with Crippen molar-refractivity contribution in [1.82, 2.24) is 14.5 Å². The lowest BCUT2D eigenvalue weighted by Crippen LogP contribution is -2.50. The monoisotopic (exact) mass is 457 g/mol. The number of carbonyl (C=O) groups is 1. The summed E-state index contributed by atoms with van der Waals surface area (Å²) in [5.41, 5.74) is 2.25. The third-order valence-corrected chi connectivity index (χ3v) is 7.27. The van der Waals surface area contributed by atoms with Crippen LogP contribution in [0.25, 0.3) is 0 Å². The molecular formula is C25H35N3O3S.